The molecule has 0 saturated carbocycles. The number of likely N-dealkylation sites (tertiary alicyclic amines) is 1. The zero-order chi connectivity index (χ0) is 18.3. The van der Waals surface area contributed by atoms with Crippen LogP contribution in [0.5, 0.6) is 0 Å². The minimum atomic E-state index is -0.0255. The minimum Gasteiger partial charge on any atom is -0.443 e. The highest BCUT2D eigenvalue weighted by Crippen LogP contribution is 2.22. The summed E-state index contributed by atoms with van der Waals surface area (Å²) in [6.45, 7) is 15.2. The third-order valence-corrected chi connectivity index (χ3v) is 4.67. The molecule has 1 fully saturated rings. The van der Waals surface area contributed by atoms with Crippen LogP contribution in [0.15, 0.2) is 15.6 Å². The number of piperidine rings is 1. The highest BCUT2D eigenvalue weighted by molar-refractivity contribution is 14.0. The summed E-state index contributed by atoms with van der Waals surface area (Å²) in [5, 5.41) is 6.80. The second kappa shape index (κ2) is 11.1. The first kappa shape index (κ1) is 23.2. The van der Waals surface area contributed by atoms with Crippen molar-refractivity contribution in [2.45, 2.75) is 71.9 Å². The maximum Gasteiger partial charge on any atom is 0.216 e. The molecule has 7 heteroatoms. The quantitative estimate of drug-likeness (QED) is 0.373. The van der Waals surface area contributed by atoms with E-state index in [1.165, 1.54) is 25.8 Å². The molecule has 26 heavy (non-hydrogen) atoms. The van der Waals surface area contributed by atoms with Crippen LogP contribution in [0.3, 0.4) is 0 Å². The number of hydrogen-bond acceptors (Lipinski definition) is 4. The third-order valence-electron chi connectivity index (χ3n) is 4.67. The Bertz CT molecular complexity index is 552. The summed E-state index contributed by atoms with van der Waals surface area (Å²) in [4.78, 5) is 11.5. The van der Waals surface area contributed by atoms with Crippen molar-refractivity contribution >= 4 is 29.9 Å². The van der Waals surface area contributed by atoms with Gasteiger partial charge in [-0.1, -0.05) is 34.1 Å². The Morgan fingerprint density at radius 3 is 2.69 bits per heavy atom. The predicted molar refractivity (Wildman–Crippen MR) is 118 cm³/mol. The van der Waals surface area contributed by atoms with E-state index >= 15 is 0 Å². The van der Waals surface area contributed by atoms with Gasteiger partial charge in [0, 0.05) is 24.5 Å². The van der Waals surface area contributed by atoms with Crippen molar-refractivity contribution in [2.24, 2.45) is 4.99 Å². The molecule has 1 saturated heterocycles. The van der Waals surface area contributed by atoms with E-state index in [0.717, 1.165) is 31.4 Å². The van der Waals surface area contributed by atoms with Crippen LogP contribution in [0, 0.1) is 0 Å². The smallest absolute Gasteiger partial charge is 0.216 e. The summed E-state index contributed by atoms with van der Waals surface area (Å²) < 4.78 is 5.82. The van der Waals surface area contributed by atoms with Crippen LogP contribution in [-0.4, -0.2) is 48.1 Å². The zero-order valence-electron chi connectivity index (χ0n) is 17.0. The Morgan fingerprint density at radius 2 is 2.08 bits per heavy atom. The summed E-state index contributed by atoms with van der Waals surface area (Å²) in [5.74, 6) is 2.39. The fourth-order valence-corrected chi connectivity index (χ4v) is 3.14. The average molecular weight is 477 g/mol. The second-order valence-corrected chi connectivity index (χ2v) is 7.72. The van der Waals surface area contributed by atoms with Gasteiger partial charge in [-0.3, -0.25) is 4.90 Å². The molecule has 0 radical (unpaired) electrons. The minimum absolute atomic E-state index is 0. The lowest BCUT2D eigenvalue weighted by atomic mass is 9.94. The molecule has 2 N–H and O–H groups in total. The first-order chi connectivity index (χ1) is 11.9. The van der Waals surface area contributed by atoms with E-state index in [0.29, 0.717) is 18.5 Å². The Balaban J connectivity index is 0.00000338. The van der Waals surface area contributed by atoms with E-state index in [2.05, 4.69) is 60.1 Å². The van der Waals surface area contributed by atoms with Crippen molar-refractivity contribution in [1.82, 2.24) is 20.5 Å². The van der Waals surface area contributed by atoms with Gasteiger partial charge >= 0.3 is 0 Å². The Hall–Kier alpha value is -0.830. The molecule has 1 aromatic heterocycles. The van der Waals surface area contributed by atoms with Gasteiger partial charge < -0.3 is 15.1 Å². The van der Waals surface area contributed by atoms with Crippen molar-refractivity contribution in [3.8, 4) is 0 Å². The van der Waals surface area contributed by atoms with Gasteiger partial charge in [-0.15, -0.1) is 24.0 Å². The van der Waals surface area contributed by atoms with Crippen LogP contribution in [0.4, 0.5) is 0 Å². The largest absolute Gasteiger partial charge is 0.443 e. The second-order valence-electron chi connectivity index (χ2n) is 7.72. The van der Waals surface area contributed by atoms with Gasteiger partial charge in [-0.05, 0) is 32.9 Å². The molecule has 0 amide bonds. The Morgan fingerprint density at radius 1 is 1.31 bits per heavy atom. The van der Waals surface area contributed by atoms with Crippen molar-refractivity contribution in [1.29, 1.82) is 0 Å². The molecule has 2 heterocycles. The molecule has 0 bridgehead atoms. The van der Waals surface area contributed by atoms with Gasteiger partial charge in [0.05, 0.1) is 6.20 Å². The predicted octanol–water partition coefficient (Wildman–Crippen LogP) is 3.52. The molecule has 0 spiro atoms. The van der Waals surface area contributed by atoms with E-state index in [9.17, 15) is 0 Å². The number of oxazole rings is 1. The maximum atomic E-state index is 5.82. The standard InChI is InChI=1S/C19H35N5O.HI/c1-6-20-18(22-12-15-10-8-9-11-24(15)7-2)23-14-17-21-13-16(25-17)19(3,4)5;/h13,15H,6-12,14H2,1-5H3,(H2,20,22,23);1H. The summed E-state index contributed by atoms with van der Waals surface area (Å²) >= 11 is 0. The van der Waals surface area contributed by atoms with Gasteiger partial charge in [0.2, 0.25) is 5.89 Å². The van der Waals surface area contributed by atoms with Crippen LogP contribution < -0.4 is 10.6 Å². The molecule has 0 aliphatic carbocycles. The van der Waals surface area contributed by atoms with Gasteiger partial charge in [0.1, 0.15) is 12.3 Å². The molecule has 150 valence electrons. The van der Waals surface area contributed by atoms with E-state index in [1.807, 2.05) is 6.20 Å². The zero-order valence-corrected chi connectivity index (χ0v) is 19.3. The number of aromatic nitrogens is 1. The van der Waals surface area contributed by atoms with Crippen molar-refractivity contribution in [3.63, 3.8) is 0 Å². The fourth-order valence-electron chi connectivity index (χ4n) is 3.14. The lowest BCUT2D eigenvalue weighted by molar-refractivity contribution is 0.157. The number of likely N-dealkylation sites (N-methyl/N-ethyl adjacent to an activating group) is 1. The molecular weight excluding hydrogens is 441 g/mol. The van der Waals surface area contributed by atoms with E-state index < -0.39 is 0 Å². The summed E-state index contributed by atoms with van der Waals surface area (Å²) in [6, 6.07) is 0.594. The number of hydrogen-bond donors (Lipinski definition) is 2. The molecule has 1 atom stereocenters. The lowest BCUT2D eigenvalue weighted by Gasteiger charge is -2.35. The number of rotatable bonds is 6. The Kier molecular flexibility index (Phi) is 9.92. The topological polar surface area (TPSA) is 65.7 Å². The summed E-state index contributed by atoms with van der Waals surface area (Å²) in [7, 11) is 0. The number of guanidine groups is 1. The van der Waals surface area contributed by atoms with Crippen molar-refractivity contribution in [3.05, 3.63) is 17.8 Å². The first-order valence-electron chi connectivity index (χ1n) is 9.65. The van der Waals surface area contributed by atoms with Crippen LogP contribution in [0.2, 0.25) is 0 Å². The summed E-state index contributed by atoms with van der Waals surface area (Å²) in [5.41, 5.74) is -0.0255. The third kappa shape index (κ3) is 7.06. The van der Waals surface area contributed by atoms with Crippen LogP contribution in [-0.2, 0) is 12.0 Å². The molecule has 1 unspecified atom stereocenters. The van der Waals surface area contributed by atoms with Crippen molar-refractivity contribution < 1.29 is 4.42 Å². The lowest BCUT2D eigenvalue weighted by Crippen LogP contribution is -2.49. The van der Waals surface area contributed by atoms with Crippen LogP contribution in [0.1, 0.15) is 65.5 Å². The van der Waals surface area contributed by atoms with Gasteiger partial charge in [0.25, 0.3) is 0 Å². The molecule has 1 aliphatic heterocycles. The van der Waals surface area contributed by atoms with Gasteiger partial charge in [-0.25, -0.2) is 9.98 Å². The monoisotopic (exact) mass is 477 g/mol. The molecular formula is C19H36IN5O. The summed E-state index contributed by atoms with van der Waals surface area (Å²) in [6.07, 6.45) is 5.71. The molecule has 0 aromatic carbocycles. The van der Waals surface area contributed by atoms with Crippen LogP contribution in [0.25, 0.3) is 0 Å². The maximum absolute atomic E-state index is 5.82. The molecule has 1 aromatic rings. The van der Waals surface area contributed by atoms with Crippen molar-refractivity contribution in [2.75, 3.05) is 26.2 Å². The Labute approximate surface area is 175 Å². The average Bonchev–Trinajstić information content (AvgIpc) is 3.07. The van der Waals surface area contributed by atoms with Crippen LogP contribution >= 0.6 is 24.0 Å². The fraction of sp³-hybridized carbons (Fsp3) is 0.789. The van der Waals surface area contributed by atoms with E-state index in [-0.39, 0.29) is 29.4 Å². The number of halogens is 1. The van der Waals surface area contributed by atoms with Gasteiger partial charge in [-0.2, -0.15) is 0 Å². The normalized spacial score (nSPS) is 19.1. The number of nitrogens with one attached hydrogen (secondary N) is 2. The molecule has 1 aliphatic rings. The van der Waals surface area contributed by atoms with E-state index in [1.54, 1.807) is 0 Å². The highest BCUT2D eigenvalue weighted by atomic mass is 127. The first-order valence-corrected chi connectivity index (χ1v) is 9.65. The van der Waals surface area contributed by atoms with Gasteiger partial charge in [0.15, 0.2) is 5.96 Å². The number of nitrogens with zero attached hydrogens (tertiary/aromatic N) is 3. The molecule has 2 rings (SSSR count). The van der Waals surface area contributed by atoms with E-state index in [4.69, 9.17) is 4.42 Å². The number of aliphatic imine (C=N–C) groups is 1. The highest BCUT2D eigenvalue weighted by Gasteiger charge is 2.21. The molecule has 6 nitrogen and oxygen atoms in total. The SMILES string of the molecule is CCNC(=NCc1ncc(C(C)(C)C)o1)NCC1CCCCN1CC.I.